The molecular weight excluding hydrogens is 649 g/mol. The predicted octanol–water partition coefficient (Wildman–Crippen LogP) is 16.1. The van der Waals surface area contributed by atoms with Gasteiger partial charge < -0.3 is 0 Å². The van der Waals surface area contributed by atoms with Gasteiger partial charge in [-0.3, -0.25) is 0 Å². The van der Waals surface area contributed by atoms with Crippen molar-refractivity contribution >= 4 is 86.2 Å². The van der Waals surface area contributed by atoms with E-state index >= 15 is 0 Å². The summed E-state index contributed by atoms with van der Waals surface area (Å²) in [5.41, 5.74) is 8.35. The molecule has 0 N–H and O–H groups in total. The third-order valence-electron chi connectivity index (χ3n) is 12.9. The Kier molecular flexibility index (Phi) is 6.49. The first-order chi connectivity index (χ1) is 25.3. The van der Waals surface area contributed by atoms with Gasteiger partial charge in [-0.1, -0.05) is 168 Å². The molecule has 268 valence electrons. The number of hydrogen-bond donors (Lipinski definition) is 0. The van der Waals surface area contributed by atoms with Crippen molar-refractivity contribution in [2.24, 2.45) is 0 Å². The van der Waals surface area contributed by atoms with Gasteiger partial charge in [0.15, 0.2) is 0 Å². The summed E-state index contributed by atoms with van der Waals surface area (Å²) in [7, 11) is 0. The maximum atomic E-state index is 2.55. The van der Waals surface area contributed by atoms with Gasteiger partial charge in [0.2, 0.25) is 0 Å². The minimum Gasteiger partial charge on any atom is -0.0579 e. The first kappa shape index (κ1) is 33.6. The highest BCUT2D eigenvalue weighted by atomic mass is 14.3. The van der Waals surface area contributed by atoms with Gasteiger partial charge in [-0.15, -0.1) is 0 Å². The van der Waals surface area contributed by atoms with Gasteiger partial charge in [0, 0.05) is 0 Å². The van der Waals surface area contributed by atoms with Gasteiger partial charge in [0.05, 0.1) is 0 Å². The molecule has 0 heteroatoms. The fourth-order valence-corrected chi connectivity index (χ4v) is 9.81. The maximum absolute atomic E-state index is 2.55. The van der Waals surface area contributed by atoms with Crippen molar-refractivity contribution in [2.45, 2.75) is 105 Å². The lowest BCUT2D eigenvalue weighted by Crippen LogP contribution is -2.11. The lowest BCUT2D eigenvalue weighted by molar-refractivity contribution is 0.591. The third kappa shape index (κ3) is 4.49. The zero-order chi connectivity index (χ0) is 38.0. The Hall–Kier alpha value is -4.94. The van der Waals surface area contributed by atoms with Crippen LogP contribution >= 0.6 is 0 Å². The van der Waals surface area contributed by atoms with E-state index in [-0.39, 0.29) is 21.7 Å². The molecule has 0 aromatic heterocycles. The van der Waals surface area contributed by atoms with E-state index in [9.17, 15) is 0 Å². The highest BCUT2D eigenvalue weighted by Gasteiger charge is 2.30. The van der Waals surface area contributed by atoms with Crippen LogP contribution in [-0.2, 0) is 21.7 Å². The van der Waals surface area contributed by atoms with Crippen LogP contribution in [0.5, 0.6) is 0 Å². The van der Waals surface area contributed by atoms with Crippen molar-refractivity contribution in [3.8, 4) is 11.1 Å². The third-order valence-corrected chi connectivity index (χ3v) is 12.9. The molecule has 8 aromatic carbocycles. The molecule has 2 aliphatic carbocycles. The smallest absolute Gasteiger partial charge is 0.0000926 e. The van der Waals surface area contributed by atoms with Gasteiger partial charge in [0.1, 0.15) is 0 Å². The summed E-state index contributed by atoms with van der Waals surface area (Å²) >= 11 is 0. The van der Waals surface area contributed by atoms with Crippen LogP contribution in [0.15, 0.2) is 97.1 Å². The second-order valence-electron chi connectivity index (χ2n) is 20.6. The molecule has 0 saturated carbocycles. The van der Waals surface area contributed by atoms with Crippen LogP contribution in [0, 0.1) is 0 Å². The van der Waals surface area contributed by atoms with Gasteiger partial charge >= 0.3 is 0 Å². The fraction of sp³-hybridized carbons (Fsp3) is 0.296. The van der Waals surface area contributed by atoms with Crippen LogP contribution in [0.25, 0.3) is 97.3 Å². The van der Waals surface area contributed by atoms with Gasteiger partial charge in [-0.25, -0.2) is 0 Å². The largest absolute Gasteiger partial charge is 0.0579 e. The summed E-state index contributed by atoms with van der Waals surface area (Å²) in [5, 5.41) is 22.1. The van der Waals surface area contributed by atoms with Crippen molar-refractivity contribution in [1.82, 2.24) is 0 Å². The van der Waals surface area contributed by atoms with Gasteiger partial charge in [-0.05, 0) is 153 Å². The average Bonchev–Trinajstić information content (AvgIpc) is 3.25. The molecule has 8 aromatic rings. The molecule has 0 heterocycles. The van der Waals surface area contributed by atoms with Crippen LogP contribution in [0.4, 0.5) is 0 Å². The normalized spacial score (nSPS) is 13.9. The number of rotatable bonds is 0. The summed E-state index contributed by atoms with van der Waals surface area (Å²) in [6, 6.07) is 39.1. The Morgan fingerprint density at radius 2 is 0.593 bits per heavy atom. The van der Waals surface area contributed by atoms with E-state index < -0.39 is 0 Å². The minimum absolute atomic E-state index is 0.0179. The van der Waals surface area contributed by atoms with Crippen molar-refractivity contribution in [3.05, 3.63) is 119 Å². The van der Waals surface area contributed by atoms with E-state index in [0.29, 0.717) is 0 Å². The lowest BCUT2D eigenvalue weighted by atomic mass is 9.78. The van der Waals surface area contributed by atoms with E-state index in [1.807, 2.05) is 0 Å². The minimum atomic E-state index is 0.0179. The SMILES string of the molecule is CC(C)(C)c1ccc2c3c4ccc(C(C)(C)C)cc4c4c5ccc6cc(C(C)(C)C)cc7ccc(c5c67)c5c6cc(C(C)(C)C)ccc6c(c-2cc1)c3c45. The zero-order valence-electron chi connectivity index (χ0n) is 34.2. The summed E-state index contributed by atoms with van der Waals surface area (Å²) in [5.74, 6) is 0. The van der Waals surface area contributed by atoms with Gasteiger partial charge in [-0.2, -0.15) is 0 Å². The van der Waals surface area contributed by atoms with Crippen molar-refractivity contribution in [2.75, 3.05) is 0 Å². The molecule has 0 saturated heterocycles. The van der Waals surface area contributed by atoms with E-state index in [2.05, 4.69) is 180 Å². The topological polar surface area (TPSA) is 0 Å². The average molecular weight is 701 g/mol. The Labute approximate surface area is 320 Å². The quantitative estimate of drug-likeness (QED) is 0.109. The molecule has 54 heavy (non-hydrogen) atoms. The van der Waals surface area contributed by atoms with Crippen LogP contribution < -0.4 is 0 Å². The van der Waals surface area contributed by atoms with Crippen molar-refractivity contribution in [1.29, 1.82) is 0 Å². The van der Waals surface area contributed by atoms with Crippen LogP contribution in [0.3, 0.4) is 0 Å². The number of fused-ring (bicyclic) bond motifs is 11. The molecule has 0 amide bonds. The standard InChI is InChI=1S/C54H52/c1-51(2,3)31-15-21-35-36(22-16-31)45-38-24-18-33(53(7,8)9)28-42(38)48-40-20-14-30-26-34(54(10,11)12)25-29-13-19-39(46(40)43(29)30)47-41-27-32(52(4,5)6)17-23-37(41)44(35)49(45)50(47)48/h13-28H,1-12H3. The maximum Gasteiger partial charge on any atom is -0.0000926 e. The molecule has 0 bridgehead atoms. The highest BCUT2D eigenvalue weighted by Crippen LogP contribution is 2.57. The van der Waals surface area contributed by atoms with E-state index in [0.717, 1.165) is 0 Å². The Bertz CT molecular complexity index is 2960. The predicted molar refractivity (Wildman–Crippen MR) is 240 cm³/mol. The summed E-state index contributed by atoms with van der Waals surface area (Å²) < 4.78 is 0. The Morgan fingerprint density at radius 1 is 0.241 bits per heavy atom. The highest BCUT2D eigenvalue weighted by molar-refractivity contribution is 6.52. The van der Waals surface area contributed by atoms with E-state index in [1.165, 1.54) is 120 Å². The molecule has 0 aliphatic heterocycles. The summed E-state index contributed by atoms with van der Waals surface area (Å²) in [4.78, 5) is 0. The Balaban J connectivity index is 1.57. The van der Waals surface area contributed by atoms with E-state index in [4.69, 9.17) is 0 Å². The number of hydrogen-bond acceptors (Lipinski definition) is 0. The molecule has 2 aliphatic rings. The molecule has 0 fully saturated rings. The first-order valence-corrected chi connectivity index (χ1v) is 20.0. The second-order valence-corrected chi connectivity index (χ2v) is 20.6. The van der Waals surface area contributed by atoms with Crippen molar-refractivity contribution < 1.29 is 0 Å². The molecular formula is C54H52. The van der Waals surface area contributed by atoms with Crippen LogP contribution in [-0.4, -0.2) is 0 Å². The number of benzene rings is 8. The van der Waals surface area contributed by atoms with Crippen LogP contribution in [0.2, 0.25) is 0 Å². The lowest BCUT2D eigenvalue weighted by Gasteiger charge is -2.25. The van der Waals surface area contributed by atoms with Gasteiger partial charge in [0.25, 0.3) is 0 Å². The Morgan fingerprint density at radius 3 is 1.00 bits per heavy atom. The van der Waals surface area contributed by atoms with Crippen LogP contribution in [0.1, 0.15) is 105 Å². The molecule has 0 atom stereocenters. The summed E-state index contributed by atoms with van der Waals surface area (Å²) in [6.45, 7) is 28.1. The second kappa shape index (κ2) is 10.4. The zero-order valence-corrected chi connectivity index (χ0v) is 34.2. The van der Waals surface area contributed by atoms with E-state index in [1.54, 1.807) is 0 Å². The molecule has 0 spiro atoms. The molecule has 10 rings (SSSR count). The monoisotopic (exact) mass is 700 g/mol. The molecule has 0 unspecified atom stereocenters. The van der Waals surface area contributed by atoms with Crippen molar-refractivity contribution in [3.63, 3.8) is 0 Å². The first-order valence-electron chi connectivity index (χ1n) is 20.0. The fourth-order valence-electron chi connectivity index (χ4n) is 9.81. The molecule has 0 nitrogen and oxygen atoms in total. The molecule has 0 radical (unpaired) electrons. The summed E-state index contributed by atoms with van der Waals surface area (Å²) in [6.07, 6.45) is 0.